The lowest BCUT2D eigenvalue weighted by atomic mass is 9.92. The van der Waals surface area contributed by atoms with Crippen molar-refractivity contribution < 1.29 is 32.3 Å². The summed E-state index contributed by atoms with van der Waals surface area (Å²) in [5, 5.41) is 12.4. The van der Waals surface area contributed by atoms with E-state index in [9.17, 15) is 37.1 Å². The van der Waals surface area contributed by atoms with E-state index in [1.807, 2.05) is 0 Å². The molecule has 2 aromatic heterocycles. The van der Waals surface area contributed by atoms with Crippen LogP contribution in [0.25, 0.3) is 11.1 Å². The Kier molecular flexibility index (Phi) is 11.5. The molecule has 0 fully saturated rings. The van der Waals surface area contributed by atoms with E-state index < -0.39 is 53.5 Å². The van der Waals surface area contributed by atoms with Gasteiger partial charge in [-0.05, 0) is 98.6 Å². The van der Waals surface area contributed by atoms with Gasteiger partial charge in [0.15, 0.2) is 0 Å². The van der Waals surface area contributed by atoms with Gasteiger partial charge >= 0.3 is 12.1 Å². The standard InChI is InChI=1S/C34H38F4N4O4/c1-8-27-25(32-20(4)12-24(35)13-21(32)5)14-23(17-39-27)28(16-31(44)45)40-33(46)29(11-19(2)3)42-18-22(9-10-41(6)7)26(15-30(42)43)34(36,37)38/h1,12-15,17-19,28-29H,9-11,16H2,2-7H3,(H,40,46)(H,44,45)/t28-,29+/m0/s1. The van der Waals surface area contributed by atoms with Gasteiger partial charge in [-0.25, -0.2) is 9.37 Å². The Hall–Kier alpha value is -4.50. The van der Waals surface area contributed by atoms with Crippen molar-refractivity contribution in [3.63, 3.8) is 0 Å². The zero-order valence-corrected chi connectivity index (χ0v) is 26.6. The zero-order chi connectivity index (χ0) is 34.5. The lowest BCUT2D eigenvalue weighted by Crippen LogP contribution is -2.40. The minimum atomic E-state index is -4.78. The molecule has 0 radical (unpaired) electrons. The Balaban J connectivity index is 2.13. The number of carboxylic acid groups (broad SMARTS) is 1. The highest BCUT2D eigenvalue weighted by Crippen LogP contribution is 2.34. The summed E-state index contributed by atoms with van der Waals surface area (Å²) in [5.41, 5.74) is 0.442. The van der Waals surface area contributed by atoms with Crippen molar-refractivity contribution in [3.05, 3.63) is 86.3 Å². The second kappa shape index (κ2) is 14.7. The number of amides is 1. The fourth-order valence-corrected chi connectivity index (χ4v) is 5.44. The Morgan fingerprint density at radius 1 is 1.13 bits per heavy atom. The summed E-state index contributed by atoms with van der Waals surface area (Å²) in [6.07, 6.45) is 2.81. The SMILES string of the molecule is C#Cc1ncc([C@H](CC(=O)O)NC(=O)[C@@H](CC(C)C)n2cc(CCN(C)C)c(C(F)(F)F)cc2=O)cc1-c1c(C)cc(F)cc1C. The van der Waals surface area contributed by atoms with Gasteiger partial charge in [0.1, 0.15) is 17.6 Å². The maximum atomic E-state index is 14.1. The van der Waals surface area contributed by atoms with E-state index in [2.05, 4.69) is 16.2 Å². The number of aliphatic carboxylic acids is 1. The number of carboxylic acids is 1. The largest absolute Gasteiger partial charge is 0.481 e. The number of hydrogen-bond donors (Lipinski definition) is 2. The number of aryl methyl sites for hydroxylation is 2. The second-order valence-corrected chi connectivity index (χ2v) is 12.0. The molecule has 246 valence electrons. The number of rotatable bonds is 12. The van der Waals surface area contributed by atoms with Gasteiger partial charge in [-0.15, -0.1) is 6.42 Å². The van der Waals surface area contributed by atoms with E-state index in [1.165, 1.54) is 18.3 Å². The molecule has 0 unspecified atom stereocenters. The van der Waals surface area contributed by atoms with Crippen LogP contribution in [0.2, 0.25) is 0 Å². The minimum Gasteiger partial charge on any atom is -0.481 e. The molecular weight excluding hydrogens is 604 g/mol. The molecule has 3 rings (SSSR count). The molecular formula is C34H38F4N4O4. The molecule has 2 heterocycles. The molecule has 0 saturated heterocycles. The number of nitrogens with one attached hydrogen (secondary N) is 1. The van der Waals surface area contributed by atoms with Crippen LogP contribution in [0.4, 0.5) is 17.6 Å². The maximum absolute atomic E-state index is 14.1. The minimum absolute atomic E-state index is 0.0298. The number of hydrogen-bond acceptors (Lipinski definition) is 5. The third-order valence-electron chi connectivity index (χ3n) is 7.54. The van der Waals surface area contributed by atoms with Crippen LogP contribution in [-0.4, -0.2) is 52.1 Å². The van der Waals surface area contributed by atoms with Crippen molar-refractivity contribution >= 4 is 11.9 Å². The first-order chi connectivity index (χ1) is 21.4. The molecule has 1 amide bonds. The third kappa shape index (κ3) is 8.81. The summed E-state index contributed by atoms with van der Waals surface area (Å²) < 4.78 is 56.7. The first-order valence-corrected chi connectivity index (χ1v) is 14.7. The van der Waals surface area contributed by atoms with E-state index in [4.69, 9.17) is 6.42 Å². The van der Waals surface area contributed by atoms with Crippen LogP contribution in [-0.2, 0) is 22.2 Å². The zero-order valence-electron chi connectivity index (χ0n) is 26.6. The van der Waals surface area contributed by atoms with Crippen molar-refractivity contribution in [2.75, 3.05) is 20.6 Å². The number of alkyl halides is 3. The van der Waals surface area contributed by atoms with E-state index in [0.717, 1.165) is 10.8 Å². The fraction of sp³-hybridized carbons (Fsp3) is 0.412. The lowest BCUT2D eigenvalue weighted by Gasteiger charge is -2.26. The first-order valence-electron chi connectivity index (χ1n) is 14.7. The lowest BCUT2D eigenvalue weighted by molar-refractivity contribution is -0.139. The van der Waals surface area contributed by atoms with Crippen LogP contribution in [0.3, 0.4) is 0 Å². The van der Waals surface area contributed by atoms with Gasteiger partial charge < -0.3 is 19.9 Å². The number of nitrogens with zero attached hydrogens (tertiary/aromatic N) is 3. The number of aromatic nitrogens is 2. The summed E-state index contributed by atoms with van der Waals surface area (Å²) in [6.45, 7) is 7.23. The number of carbonyl (C=O) groups is 2. The molecule has 12 heteroatoms. The van der Waals surface area contributed by atoms with Crippen molar-refractivity contribution in [3.8, 4) is 23.5 Å². The van der Waals surface area contributed by atoms with Crippen molar-refractivity contribution in [1.82, 2.24) is 19.8 Å². The second-order valence-electron chi connectivity index (χ2n) is 12.0. The average Bonchev–Trinajstić information content (AvgIpc) is 2.93. The highest BCUT2D eigenvalue weighted by Gasteiger charge is 2.36. The normalized spacial score (nSPS) is 13.0. The predicted octanol–water partition coefficient (Wildman–Crippen LogP) is 5.69. The van der Waals surface area contributed by atoms with E-state index in [-0.39, 0.29) is 42.1 Å². The quantitative estimate of drug-likeness (QED) is 0.194. The van der Waals surface area contributed by atoms with Gasteiger partial charge in [-0.3, -0.25) is 14.4 Å². The van der Waals surface area contributed by atoms with Crippen LogP contribution < -0.4 is 10.9 Å². The Morgan fingerprint density at radius 3 is 2.28 bits per heavy atom. The van der Waals surface area contributed by atoms with Crippen molar-refractivity contribution in [2.24, 2.45) is 5.92 Å². The molecule has 0 aliphatic carbocycles. The molecule has 3 aromatic rings. The number of pyridine rings is 2. The molecule has 2 N–H and O–H groups in total. The van der Waals surface area contributed by atoms with Gasteiger partial charge in [0.2, 0.25) is 5.91 Å². The number of benzene rings is 1. The van der Waals surface area contributed by atoms with Gasteiger partial charge in [-0.1, -0.05) is 13.8 Å². The summed E-state index contributed by atoms with van der Waals surface area (Å²) in [4.78, 5) is 45.0. The molecule has 0 spiro atoms. The van der Waals surface area contributed by atoms with Gasteiger partial charge in [-0.2, -0.15) is 13.2 Å². The molecule has 0 bridgehead atoms. The first kappa shape index (κ1) is 36.0. The number of terminal acetylenes is 1. The summed E-state index contributed by atoms with van der Waals surface area (Å²) in [7, 11) is 3.41. The maximum Gasteiger partial charge on any atom is 0.416 e. The molecule has 8 nitrogen and oxygen atoms in total. The van der Waals surface area contributed by atoms with Crippen LogP contribution >= 0.6 is 0 Å². The summed E-state index contributed by atoms with van der Waals surface area (Å²) in [5.74, 6) is -0.126. The summed E-state index contributed by atoms with van der Waals surface area (Å²) in [6, 6.07) is 2.35. The molecule has 0 saturated carbocycles. The molecule has 0 aliphatic rings. The van der Waals surface area contributed by atoms with E-state index in [1.54, 1.807) is 52.8 Å². The Bertz CT molecular complexity index is 1680. The molecule has 1 aromatic carbocycles. The predicted molar refractivity (Wildman–Crippen MR) is 167 cm³/mol. The van der Waals surface area contributed by atoms with Gasteiger partial charge in [0.25, 0.3) is 5.56 Å². The van der Waals surface area contributed by atoms with Crippen molar-refractivity contribution in [2.45, 2.75) is 65.2 Å². The monoisotopic (exact) mass is 642 g/mol. The number of likely N-dealkylation sites (N-methyl/N-ethyl adjacent to an activating group) is 1. The highest BCUT2D eigenvalue weighted by molar-refractivity contribution is 5.82. The van der Waals surface area contributed by atoms with Crippen molar-refractivity contribution in [1.29, 1.82) is 0 Å². The number of halogens is 4. The third-order valence-corrected chi connectivity index (χ3v) is 7.54. The average molecular weight is 643 g/mol. The Labute approximate surface area is 265 Å². The van der Waals surface area contributed by atoms with Crippen LogP contribution in [0.1, 0.15) is 72.3 Å². The van der Waals surface area contributed by atoms with Crippen LogP contribution in [0.15, 0.2) is 41.5 Å². The van der Waals surface area contributed by atoms with Gasteiger partial charge in [0.05, 0.1) is 18.0 Å². The van der Waals surface area contributed by atoms with E-state index in [0.29, 0.717) is 28.3 Å². The summed E-state index contributed by atoms with van der Waals surface area (Å²) >= 11 is 0. The highest BCUT2D eigenvalue weighted by atomic mass is 19.4. The van der Waals surface area contributed by atoms with Crippen LogP contribution in [0.5, 0.6) is 0 Å². The molecule has 0 aliphatic heterocycles. The smallest absolute Gasteiger partial charge is 0.416 e. The topological polar surface area (TPSA) is 105 Å². The molecule has 2 atom stereocenters. The van der Waals surface area contributed by atoms with Crippen LogP contribution in [0, 0.1) is 37.9 Å². The Morgan fingerprint density at radius 2 is 1.76 bits per heavy atom. The van der Waals surface area contributed by atoms with E-state index >= 15 is 0 Å². The number of carbonyl (C=O) groups excluding carboxylic acids is 1. The molecule has 46 heavy (non-hydrogen) atoms. The fourth-order valence-electron chi connectivity index (χ4n) is 5.44. The van der Waals surface area contributed by atoms with Gasteiger partial charge in [0, 0.05) is 30.6 Å².